The van der Waals surface area contributed by atoms with Crippen LogP contribution in [0.1, 0.15) is 51.2 Å². The first-order valence-corrected chi connectivity index (χ1v) is 24.0. The van der Waals surface area contributed by atoms with Crippen molar-refractivity contribution in [3.8, 4) is 27.0 Å². The molecule has 68 heavy (non-hydrogen) atoms. The molecule has 0 unspecified atom stereocenters. The molecule has 2 amide bonds. The minimum atomic E-state index is -4.59. The predicted octanol–water partition coefficient (Wildman–Crippen LogP) is 7.46. The number of piperazine rings is 1. The average Bonchev–Trinajstić information content (AvgIpc) is 4.19. The van der Waals surface area contributed by atoms with Gasteiger partial charge in [0.1, 0.15) is 48.3 Å². The number of ether oxygens (including phenoxy) is 3. The molecular formula is C49H54F3N5O9S2. The SMILES string of the molecule is Cc1ccc(-c2ccc(C3OCCO3)o2)s1.Cc1ccc(-c2ccc(CN3CCN(C[C@@H](O)C[C@@H](Cc4cccnc4)C(=O)N[C@H]4c5ccccc5OC[C@H]4O)[C@H](C(=O)NCC(F)(F)F)C3)o2)s1. The fourth-order valence-electron chi connectivity index (χ4n) is 8.43. The van der Waals surface area contributed by atoms with Gasteiger partial charge in [-0.2, -0.15) is 13.2 Å². The van der Waals surface area contributed by atoms with Gasteiger partial charge in [0, 0.05) is 59.8 Å². The Bertz CT molecular complexity index is 2580. The molecule has 362 valence electrons. The molecule has 2 saturated heterocycles. The Morgan fingerprint density at radius 2 is 1.62 bits per heavy atom. The molecule has 19 heteroatoms. The molecule has 9 rings (SSSR count). The molecule has 3 aliphatic heterocycles. The Morgan fingerprint density at radius 1 is 0.897 bits per heavy atom. The molecule has 3 aliphatic rings. The van der Waals surface area contributed by atoms with Gasteiger partial charge >= 0.3 is 6.18 Å². The number of carbonyl (C=O) groups excluding carboxylic acids is 2. The van der Waals surface area contributed by atoms with Crippen molar-refractivity contribution in [2.24, 2.45) is 5.92 Å². The zero-order chi connectivity index (χ0) is 47.8. The van der Waals surface area contributed by atoms with Crippen LogP contribution >= 0.6 is 22.7 Å². The molecule has 0 saturated carbocycles. The first-order chi connectivity index (χ1) is 32.7. The zero-order valence-corrected chi connectivity index (χ0v) is 39.2. The van der Waals surface area contributed by atoms with Crippen molar-refractivity contribution in [1.82, 2.24) is 25.4 Å². The maximum absolute atomic E-state index is 13.9. The molecule has 0 bridgehead atoms. The lowest BCUT2D eigenvalue weighted by Crippen LogP contribution is -2.60. The summed E-state index contributed by atoms with van der Waals surface area (Å²) in [5.74, 6) is 1.59. The van der Waals surface area contributed by atoms with Gasteiger partial charge in [0.15, 0.2) is 5.76 Å². The molecule has 5 aromatic heterocycles. The van der Waals surface area contributed by atoms with Gasteiger partial charge in [-0.1, -0.05) is 24.3 Å². The summed E-state index contributed by atoms with van der Waals surface area (Å²) >= 11 is 3.32. The van der Waals surface area contributed by atoms with Gasteiger partial charge in [-0.3, -0.25) is 24.4 Å². The summed E-state index contributed by atoms with van der Waals surface area (Å²) in [6.07, 6.45) is -3.57. The van der Waals surface area contributed by atoms with E-state index < -0.39 is 54.7 Å². The lowest BCUT2D eigenvalue weighted by Gasteiger charge is -2.41. The molecule has 4 N–H and O–H groups in total. The number of benzene rings is 1. The largest absolute Gasteiger partial charge is 0.490 e. The van der Waals surface area contributed by atoms with E-state index in [2.05, 4.69) is 29.4 Å². The van der Waals surface area contributed by atoms with Crippen molar-refractivity contribution in [1.29, 1.82) is 0 Å². The molecule has 0 spiro atoms. The Labute approximate surface area is 399 Å². The third-order valence-corrected chi connectivity index (χ3v) is 13.8. The number of nitrogens with one attached hydrogen (secondary N) is 2. The topological polar surface area (TPSA) is 172 Å². The van der Waals surface area contributed by atoms with Gasteiger partial charge in [-0.05, 0) is 92.9 Å². The van der Waals surface area contributed by atoms with E-state index in [1.165, 1.54) is 4.88 Å². The highest BCUT2D eigenvalue weighted by Gasteiger charge is 2.38. The van der Waals surface area contributed by atoms with Crippen molar-refractivity contribution in [2.75, 3.05) is 52.5 Å². The van der Waals surface area contributed by atoms with Crippen LogP contribution in [-0.2, 0) is 32.0 Å². The van der Waals surface area contributed by atoms with Crippen LogP contribution in [0, 0.1) is 19.8 Å². The third-order valence-electron chi connectivity index (χ3n) is 11.8. The van der Waals surface area contributed by atoms with Crippen molar-refractivity contribution in [2.45, 2.75) is 70.0 Å². The minimum absolute atomic E-state index is 0.00293. The Balaban J connectivity index is 0.000000326. The van der Waals surface area contributed by atoms with E-state index in [9.17, 15) is 33.0 Å². The monoisotopic (exact) mass is 977 g/mol. The number of rotatable bonds is 15. The number of β-amino-alcohol motifs (C(OH)–C–C–N with tert-alkyl or cyclic N) is 1. The Kier molecular flexibility index (Phi) is 16.1. The number of hydrogen-bond acceptors (Lipinski definition) is 14. The fraction of sp³-hybridized carbons (Fsp3) is 0.408. The second kappa shape index (κ2) is 22.4. The number of alkyl halides is 3. The molecule has 8 heterocycles. The smallest absolute Gasteiger partial charge is 0.405 e. The number of fused-ring (bicyclic) bond motifs is 1. The van der Waals surface area contributed by atoms with Crippen LogP contribution in [0.25, 0.3) is 21.3 Å². The fourth-order valence-corrected chi connectivity index (χ4v) is 10.1. The second-order valence-electron chi connectivity index (χ2n) is 17.0. The van der Waals surface area contributed by atoms with Gasteiger partial charge in [0.2, 0.25) is 18.1 Å². The van der Waals surface area contributed by atoms with Gasteiger partial charge < -0.3 is 43.9 Å². The summed E-state index contributed by atoms with van der Waals surface area (Å²) in [6, 6.07) is 24.7. The molecule has 0 aliphatic carbocycles. The van der Waals surface area contributed by atoms with Crippen LogP contribution in [0.3, 0.4) is 0 Å². The first kappa shape index (κ1) is 49.1. The number of hydrogen-bond donors (Lipinski definition) is 4. The lowest BCUT2D eigenvalue weighted by molar-refractivity contribution is -0.143. The standard InChI is InChI=1S/C37H42F3N5O6S.C12H12O3S/c1-23-8-11-33(52-23)32-10-9-27(51-32)19-44-13-14-45(29(20-44)36(49)42-22-37(38,39)40)18-26(46)16-25(15-24-5-4-12-41-17-24)35(48)43-34-28-6-2-3-7-31(28)50-21-30(34)47;1-8-2-5-11(16-8)9-3-4-10(15-9)12-13-6-7-14-12/h2-12,17,25-26,29-30,34,46-47H,13-16,18-22H2,1H3,(H,42,49)(H,43,48);2-5,12H,6-7H2,1H3/t25-,26+,29+,30-,34+;/m1./s1. The number of nitrogens with zero attached hydrogens (tertiary/aromatic N) is 3. The molecule has 5 atom stereocenters. The van der Waals surface area contributed by atoms with Crippen LogP contribution in [0.5, 0.6) is 5.75 Å². The molecule has 14 nitrogen and oxygen atoms in total. The van der Waals surface area contributed by atoms with E-state index in [1.807, 2.05) is 59.6 Å². The molecule has 2 fully saturated rings. The quantitative estimate of drug-likeness (QED) is 0.0802. The van der Waals surface area contributed by atoms with Gasteiger partial charge in [0.05, 0.1) is 41.7 Å². The molecule has 0 radical (unpaired) electrons. The summed E-state index contributed by atoms with van der Waals surface area (Å²) in [5, 5.41) is 27.2. The van der Waals surface area contributed by atoms with Gasteiger partial charge in [-0.25, -0.2) is 0 Å². The van der Waals surface area contributed by atoms with Crippen LogP contribution in [0.4, 0.5) is 13.2 Å². The second-order valence-corrected chi connectivity index (χ2v) is 19.6. The predicted molar refractivity (Wildman–Crippen MR) is 249 cm³/mol. The van der Waals surface area contributed by atoms with E-state index in [4.69, 9.17) is 23.0 Å². The van der Waals surface area contributed by atoms with Crippen molar-refractivity contribution in [3.63, 3.8) is 0 Å². The van der Waals surface area contributed by atoms with E-state index in [0.717, 1.165) is 37.5 Å². The average molecular weight is 978 g/mol. The maximum Gasteiger partial charge on any atom is 0.405 e. The van der Waals surface area contributed by atoms with Crippen LogP contribution in [-0.4, -0.2) is 114 Å². The van der Waals surface area contributed by atoms with E-state index in [0.29, 0.717) is 43.4 Å². The van der Waals surface area contributed by atoms with E-state index >= 15 is 0 Å². The number of carbonyl (C=O) groups is 2. The van der Waals surface area contributed by atoms with Gasteiger partial charge in [-0.15, -0.1) is 22.7 Å². The number of para-hydroxylation sites is 1. The number of aliphatic hydroxyl groups is 2. The highest BCUT2D eigenvalue weighted by Crippen LogP contribution is 2.35. The molecular weight excluding hydrogens is 924 g/mol. The number of aliphatic hydroxyl groups excluding tert-OH is 2. The van der Waals surface area contributed by atoms with E-state index in [1.54, 1.807) is 70.3 Å². The number of thiophene rings is 2. The van der Waals surface area contributed by atoms with Crippen molar-refractivity contribution >= 4 is 34.5 Å². The van der Waals surface area contributed by atoms with Gasteiger partial charge in [0.25, 0.3) is 0 Å². The first-order valence-electron chi connectivity index (χ1n) is 22.4. The molecule has 1 aromatic carbocycles. The summed E-state index contributed by atoms with van der Waals surface area (Å²) < 4.78 is 67.5. The number of amides is 2. The number of aryl methyl sites for hydroxylation is 2. The lowest BCUT2D eigenvalue weighted by atomic mass is 9.91. The number of furan rings is 2. The Morgan fingerprint density at radius 3 is 2.31 bits per heavy atom. The maximum atomic E-state index is 13.9. The van der Waals surface area contributed by atoms with Crippen LogP contribution < -0.4 is 15.4 Å². The normalized spacial score (nSPS) is 19.9. The summed E-state index contributed by atoms with van der Waals surface area (Å²) in [5.41, 5.74) is 1.39. The van der Waals surface area contributed by atoms with E-state index in [-0.39, 0.29) is 45.4 Å². The molecule has 6 aromatic rings. The highest BCUT2D eigenvalue weighted by atomic mass is 32.1. The van der Waals surface area contributed by atoms with Crippen LogP contribution in [0.2, 0.25) is 0 Å². The summed E-state index contributed by atoms with van der Waals surface area (Å²) in [4.78, 5) is 39.4. The zero-order valence-electron chi connectivity index (χ0n) is 37.5. The minimum Gasteiger partial charge on any atom is -0.490 e. The number of halogens is 3. The van der Waals surface area contributed by atoms with Crippen LogP contribution in [0.15, 0.2) is 106 Å². The highest BCUT2D eigenvalue weighted by molar-refractivity contribution is 7.15. The van der Waals surface area contributed by atoms with Crippen molar-refractivity contribution in [3.05, 3.63) is 130 Å². The third kappa shape index (κ3) is 13.0. The summed E-state index contributed by atoms with van der Waals surface area (Å²) in [6.45, 7) is 5.02. The Hall–Kier alpha value is -5.38. The summed E-state index contributed by atoms with van der Waals surface area (Å²) in [7, 11) is 0. The number of pyridine rings is 1. The number of aromatic nitrogens is 1. The van der Waals surface area contributed by atoms with Crippen molar-refractivity contribution < 1.29 is 56.0 Å².